The highest BCUT2D eigenvalue weighted by Crippen LogP contribution is 2.31. The van der Waals surface area contributed by atoms with Gasteiger partial charge >= 0.3 is 0 Å². The van der Waals surface area contributed by atoms with Crippen LogP contribution in [0, 0.1) is 0 Å². The predicted octanol–water partition coefficient (Wildman–Crippen LogP) is 1.20. The van der Waals surface area contributed by atoms with Gasteiger partial charge in [-0.1, -0.05) is 18.2 Å². The minimum absolute atomic E-state index is 0.198. The first-order valence-corrected chi connectivity index (χ1v) is 10.2. The molecule has 3 heterocycles. The van der Waals surface area contributed by atoms with Gasteiger partial charge in [0.15, 0.2) is 0 Å². The molecule has 4 rings (SSSR count). The summed E-state index contributed by atoms with van der Waals surface area (Å²) in [5.41, 5.74) is 2.54. The minimum atomic E-state index is 0.198. The molecule has 146 valence electrons. The van der Waals surface area contributed by atoms with Crippen LogP contribution in [0.3, 0.4) is 0 Å². The molecular weight excluding hydrogens is 340 g/mol. The third kappa shape index (κ3) is 3.95. The van der Waals surface area contributed by atoms with Crippen molar-refractivity contribution in [1.29, 1.82) is 0 Å². The third-order valence-electron chi connectivity index (χ3n) is 6.20. The van der Waals surface area contributed by atoms with E-state index >= 15 is 0 Å². The summed E-state index contributed by atoms with van der Waals surface area (Å²) in [5, 5.41) is 0. The Hall–Kier alpha value is -2.08. The maximum atomic E-state index is 12.8. The number of likely N-dealkylation sites (tertiary alicyclic amines) is 1. The number of nitrogens with zero attached hydrogens (tertiary/aromatic N) is 4. The summed E-state index contributed by atoms with van der Waals surface area (Å²) in [4.78, 5) is 33.5. The van der Waals surface area contributed by atoms with E-state index in [1.807, 2.05) is 15.9 Å². The Morgan fingerprint density at radius 1 is 0.889 bits per heavy atom. The van der Waals surface area contributed by atoms with Crippen molar-refractivity contribution in [3.05, 3.63) is 29.8 Å². The number of piperazine rings is 1. The van der Waals surface area contributed by atoms with Gasteiger partial charge in [0.05, 0.1) is 13.1 Å². The van der Waals surface area contributed by atoms with Gasteiger partial charge in [0.2, 0.25) is 11.8 Å². The van der Waals surface area contributed by atoms with Crippen molar-refractivity contribution in [1.82, 2.24) is 14.7 Å². The molecule has 1 atom stereocenters. The van der Waals surface area contributed by atoms with Gasteiger partial charge in [0.25, 0.3) is 0 Å². The fourth-order valence-electron chi connectivity index (χ4n) is 4.53. The van der Waals surface area contributed by atoms with Gasteiger partial charge in [-0.25, -0.2) is 0 Å². The van der Waals surface area contributed by atoms with Crippen molar-refractivity contribution >= 4 is 17.5 Å². The molecule has 2 amide bonds. The Morgan fingerprint density at radius 2 is 1.52 bits per heavy atom. The molecule has 0 unspecified atom stereocenters. The van der Waals surface area contributed by atoms with Gasteiger partial charge in [0.1, 0.15) is 0 Å². The number of fused-ring (bicyclic) bond motifs is 1. The Morgan fingerprint density at radius 3 is 2.26 bits per heavy atom. The van der Waals surface area contributed by atoms with Gasteiger partial charge in [-0.15, -0.1) is 0 Å². The number of hydrogen-bond acceptors (Lipinski definition) is 4. The molecule has 2 saturated heterocycles. The first kappa shape index (κ1) is 18.3. The smallest absolute Gasteiger partial charge is 0.242 e. The van der Waals surface area contributed by atoms with Crippen LogP contribution < -0.4 is 4.90 Å². The van der Waals surface area contributed by atoms with E-state index < -0.39 is 0 Å². The molecule has 1 aromatic carbocycles. The normalized spacial score (nSPS) is 23.0. The van der Waals surface area contributed by atoms with Crippen molar-refractivity contribution < 1.29 is 9.59 Å². The van der Waals surface area contributed by atoms with Crippen LogP contribution in [0.4, 0.5) is 5.69 Å². The molecule has 27 heavy (non-hydrogen) atoms. The molecule has 3 aliphatic heterocycles. The highest BCUT2D eigenvalue weighted by atomic mass is 16.2. The van der Waals surface area contributed by atoms with Gasteiger partial charge in [-0.2, -0.15) is 0 Å². The number of hydrogen-bond donors (Lipinski definition) is 0. The average molecular weight is 370 g/mol. The van der Waals surface area contributed by atoms with Gasteiger partial charge in [-0.3, -0.25) is 14.5 Å². The molecule has 0 aromatic heterocycles. The lowest BCUT2D eigenvalue weighted by Crippen LogP contribution is -2.53. The second-order valence-corrected chi connectivity index (χ2v) is 8.05. The maximum absolute atomic E-state index is 12.8. The molecule has 0 bridgehead atoms. The lowest BCUT2D eigenvalue weighted by atomic mass is 10.1. The quantitative estimate of drug-likeness (QED) is 0.799. The fraction of sp³-hybridized carbons (Fsp3) is 0.619. The van der Waals surface area contributed by atoms with E-state index in [0.717, 1.165) is 58.5 Å². The zero-order chi connectivity index (χ0) is 18.8. The summed E-state index contributed by atoms with van der Waals surface area (Å²) in [6.07, 6.45) is 3.27. The number of benzene rings is 1. The van der Waals surface area contributed by atoms with E-state index in [1.54, 1.807) is 0 Å². The Labute approximate surface area is 161 Å². The molecule has 3 aliphatic rings. The van der Waals surface area contributed by atoms with Crippen LogP contribution in [-0.2, 0) is 16.0 Å². The molecule has 0 N–H and O–H groups in total. The van der Waals surface area contributed by atoms with E-state index in [4.69, 9.17) is 0 Å². The van der Waals surface area contributed by atoms with E-state index in [-0.39, 0.29) is 11.8 Å². The maximum Gasteiger partial charge on any atom is 0.242 e. The summed E-state index contributed by atoms with van der Waals surface area (Å²) in [7, 11) is 0. The molecule has 6 nitrogen and oxygen atoms in total. The van der Waals surface area contributed by atoms with Crippen LogP contribution in [0.15, 0.2) is 24.3 Å². The molecule has 0 spiro atoms. The van der Waals surface area contributed by atoms with E-state index in [2.05, 4.69) is 34.9 Å². The SMILES string of the molecule is C[C@H]1Cc2ccccc2N1CC(=O)N1CCN(CC(=O)N2CCCC2)CC1. The average Bonchev–Trinajstić information content (AvgIpc) is 3.31. The fourth-order valence-corrected chi connectivity index (χ4v) is 4.53. The van der Waals surface area contributed by atoms with Crippen molar-refractivity contribution in [2.75, 3.05) is 57.3 Å². The van der Waals surface area contributed by atoms with Crippen LogP contribution in [0.5, 0.6) is 0 Å². The third-order valence-corrected chi connectivity index (χ3v) is 6.20. The monoisotopic (exact) mass is 370 g/mol. The van der Waals surface area contributed by atoms with E-state index in [1.165, 1.54) is 11.3 Å². The van der Waals surface area contributed by atoms with Crippen LogP contribution >= 0.6 is 0 Å². The Kier molecular flexibility index (Phi) is 5.34. The zero-order valence-corrected chi connectivity index (χ0v) is 16.3. The zero-order valence-electron chi connectivity index (χ0n) is 16.3. The summed E-state index contributed by atoms with van der Waals surface area (Å²) < 4.78 is 0. The Bertz CT molecular complexity index is 693. The summed E-state index contributed by atoms with van der Waals surface area (Å²) in [5.74, 6) is 0.443. The molecule has 2 fully saturated rings. The minimum Gasteiger partial charge on any atom is -0.359 e. The largest absolute Gasteiger partial charge is 0.359 e. The number of para-hydroxylation sites is 1. The number of anilines is 1. The summed E-state index contributed by atoms with van der Waals surface area (Å²) in [6.45, 7) is 7.97. The highest BCUT2D eigenvalue weighted by Gasteiger charge is 2.30. The predicted molar refractivity (Wildman–Crippen MR) is 106 cm³/mol. The van der Waals surface area contributed by atoms with Crippen LogP contribution in [-0.4, -0.2) is 84.9 Å². The Balaban J connectivity index is 1.27. The lowest BCUT2D eigenvalue weighted by Gasteiger charge is -2.36. The molecule has 6 heteroatoms. The van der Waals surface area contributed by atoms with Crippen molar-refractivity contribution in [2.45, 2.75) is 32.2 Å². The number of carbonyl (C=O) groups excluding carboxylic acids is 2. The molecule has 0 aliphatic carbocycles. The topological polar surface area (TPSA) is 47.1 Å². The molecule has 0 saturated carbocycles. The van der Waals surface area contributed by atoms with E-state index in [9.17, 15) is 9.59 Å². The lowest BCUT2D eigenvalue weighted by molar-refractivity contribution is -0.133. The van der Waals surface area contributed by atoms with Crippen LogP contribution in [0.1, 0.15) is 25.3 Å². The first-order chi connectivity index (χ1) is 13.1. The van der Waals surface area contributed by atoms with Crippen molar-refractivity contribution in [2.24, 2.45) is 0 Å². The van der Waals surface area contributed by atoms with Crippen molar-refractivity contribution in [3.63, 3.8) is 0 Å². The first-order valence-electron chi connectivity index (χ1n) is 10.2. The molecule has 1 aromatic rings. The number of rotatable bonds is 4. The van der Waals surface area contributed by atoms with Gasteiger partial charge in [-0.05, 0) is 37.8 Å². The van der Waals surface area contributed by atoms with Crippen LogP contribution in [0.25, 0.3) is 0 Å². The molecular formula is C21H30N4O2. The number of amides is 2. The van der Waals surface area contributed by atoms with Crippen LogP contribution in [0.2, 0.25) is 0 Å². The highest BCUT2D eigenvalue weighted by molar-refractivity contribution is 5.83. The standard InChI is InChI=1S/C21H30N4O2/c1-17-14-18-6-2-3-7-19(18)25(17)16-21(27)24-12-10-22(11-13-24)15-20(26)23-8-4-5-9-23/h2-3,6-7,17H,4-5,8-16H2,1H3/t17-/m0/s1. The summed E-state index contributed by atoms with van der Waals surface area (Å²) >= 11 is 0. The van der Waals surface area contributed by atoms with Gasteiger partial charge in [0, 0.05) is 51.0 Å². The van der Waals surface area contributed by atoms with Gasteiger partial charge < -0.3 is 14.7 Å². The molecule has 0 radical (unpaired) electrons. The second kappa shape index (κ2) is 7.89. The van der Waals surface area contributed by atoms with Crippen molar-refractivity contribution in [3.8, 4) is 0 Å². The second-order valence-electron chi connectivity index (χ2n) is 8.05. The number of carbonyl (C=O) groups is 2. The summed E-state index contributed by atoms with van der Waals surface area (Å²) in [6, 6.07) is 8.76. The van der Waals surface area contributed by atoms with E-state index in [0.29, 0.717) is 19.1 Å².